The number of rotatable bonds is 5. The Kier molecular flexibility index (Phi) is 5.61. The first kappa shape index (κ1) is 15.1. The van der Waals surface area contributed by atoms with Crippen LogP contribution in [0.15, 0.2) is 5.38 Å². The lowest BCUT2D eigenvalue weighted by atomic mass is 9.93. The van der Waals surface area contributed by atoms with Gasteiger partial charge in [0.15, 0.2) is 0 Å². The van der Waals surface area contributed by atoms with Crippen molar-refractivity contribution >= 4 is 27.3 Å². The summed E-state index contributed by atoms with van der Waals surface area (Å²) in [5.41, 5.74) is 1.35. The highest BCUT2D eigenvalue weighted by Gasteiger charge is 2.17. The molecule has 1 heterocycles. The van der Waals surface area contributed by atoms with Gasteiger partial charge in [-0.1, -0.05) is 43.6 Å². The molecule has 17 heavy (non-hydrogen) atoms. The molecule has 4 heteroatoms. The SMILES string of the molecule is CC(CBr)C(C)NCc1nc(C(C)(C)C)cs1. The molecule has 1 N–H and O–H groups in total. The van der Waals surface area contributed by atoms with Gasteiger partial charge in [-0.2, -0.15) is 0 Å². The molecule has 0 aromatic carbocycles. The fraction of sp³-hybridized carbons (Fsp3) is 0.769. The zero-order valence-electron chi connectivity index (χ0n) is 11.4. The molecule has 1 rings (SSSR count). The van der Waals surface area contributed by atoms with Crippen LogP contribution in [-0.2, 0) is 12.0 Å². The van der Waals surface area contributed by atoms with Gasteiger partial charge >= 0.3 is 0 Å². The third-order valence-corrected chi connectivity index (χ3v) is 4.86. The maximum absolute atomic E-state index is 4.68. The second kappa shape index (κ2) is 6.30. The van der Waals surface area contributed by atoms with E-state index in [1.807, 2.05) is 0 Å². The van der Waals surface area contributed by atoms with Gasteiger partial charge in [-0.15, -0.1) is 11.3 Å². The van der Waals surface area contributed by atoms with Crippen LogP contribution in [-0.4, -0.2) is 16.4 Å². The topological polar surface area (TPSA) is 24.9 Å². The quantitative estimate of drug-likeness (QED) is 0.831. The predicted octanol–water partition coefficient (Wildman–Crippen LogP) is 3.95. The number of aromatic nitrogens is 1. The minimum absolute atomic E-state index is 0.156. The Labute approximate surface area is 117 Å². The van der Waals surface area contributed by atoms with Crippen LogP contribution in [0, 0.1) is 5.92 Å². The van der Waals surface area contributed by atoms with E-state index in [9.17, 15) is 0 Å². The molecular formula is C13H23BrN2S. The van der Waals surface area contributed by atoms with Gasteiger partial charge in [-0.05, 0) is 12.8 Å². The first-order chi connectivity index (χ1) is 7.84. The Morgan fingerprint density at radius 3 is 2.53 bits per heavy atom. The molecular weight excluding hydrogens is 296 g/mol. The molecule has 0 saturated carbocycles. The molecule has 0 radical (unpaired) electrons. The van der Waals surface area contributed by atoms with E-state index in [0.29, 0.717) is 12.0 Å². The van der Waals surface area contributed by atoms with E-state index in [-0.39, 0.29) is 5.41 Å². The van der Waals surface area contributed by atoms with Crippen molar-refractivity contribution in [1.82, 2.24) is 10.3 Å². The van der Waals surface area contributed by atoms with Crippen molar-refractivity contribution in [3.05, 3.63) is 16.1 Å². The van der Waals surface area contributed by atoms with Gasteiger partial charge in [-0.3, -0.25) is 0 Å². The van der Waals surface area contributed by atoms with Crippen molar-refractivity contribution in [1.29, 1.82) is 0 Å². The normalized spacial score (nSPS) is 15.9. The van der Waals surface area contributed by atoms with Crippen LogP contribution in [0.2, 0.25) is 0 Å². The van der Waals surface area contributed by atoms with Gasteiger partial charge in [-0.25, -0.2) is 4.98 Å². The molecule has 0 saturated heterocycles. The summed E-state index contributed by atoms with van der Waals surface area (Å²) in [4.78, 5) is 4.68. The number of alkyl halides is 1. The van der Waals surface area contributed by atoms with Gasteiger partial charge in [0.2, 0.25) is 0 Å². The first-order valence-electron chi connectivity index (χ1n) is 6.09. The van der Waals surface area contributed by atoms with Crippen molar-refractivity contribution in [3.63, 3.8) is 0 Å². The summed E-state index contributed by atoms with van der Waals surface area (Å²) in [6.07, 6.45) is 0. The molecule has 1 aromatic heterocycles. The van der Waals surface area contributed by atoms with Gasteiger partial charge in [0, 0.05) is 28.7 Å². The van der Waals surface area contributed by atoms with Crippen LogP contribution in [0.4, 0.5) is 0 Å². The predicted molar refractivity (Wildman–Crippen MR) is 80.1 cm³/mol. The van der Waals surface area contributed by atoms with Crippen molar-refractivity contribution < 1.29 is 0 Å². The van der Waals surface area contributed by atoms with Crippen LogP contribution in [0.25, 0.3) is 0 Å². The summed E-state index contributed by atoms with van der Waals surface area (Å²) >= 11 is 5.27. The Bertz CT molecular complexity index is 343. The third kappa shape index (κ3) is 4.68. The fourth-order valence-electron chi connectivity index (χ4n) is 1.32. The average Bonchev–Trinajstić information content (AvgIpc) is 2.72. The van der Waals surface area contributed by atoms with Crippen LogP contribution in [0.5, 0.6) is 0 Å². The monoisotopic (exact) mass is 318 g/mol. The molecule has 0 spiro atoms. The summed E-state index contributed by atoms with van der Waals surface area (Å²) < 4.78 is 0. The van der Waals surface area contributed by atoms with Gasteiger partial charge in [0.05, 0.1) is 5.69 Å². The molecule has 2 unspecified atom stereocenters. The Balaban J connectivity index is 2.51. The number of hydrogen-bond donors (Lipinski definition) is 1. The second-order valence-electron chi connectivity index (χ2n) is 5.68. The molecule has 0 aliphatic heterocycles. The minimum atomic E-state index is 0.156. The van der Waals surface area contributed by atoms with Crippen molar-refractivity contribution in [2.24, 2.45) is 5.92 Å². The number of nitrogens with one attached hydrogen (secondary N) is 1. The molecule has 0 aliphatic carbocycles. The van der Waals surface area contributed by atoms with Crippen molar-refractivity contribution in [2.45, 2.75) is 52.6 Å². The van der Waals surface area contributed by atoms with E-state index in [1.54, 1.807) is 11.3 Å². The Hall–Kier alpha value is 0.0700. The van der Waals surface area contributed by atoms with E-state index in [0.717, 1.165) is 11.9 Å². The smallest absolute Gasteiger partial charge is 0.107 e. The van der Waals surface area contributed by atoms with E-state index < -0.39 is 0 Å². The summed E-state index contributed by atoms with van der Waals surface area (Å²) in [5, 5.41) is 7.93. The van der Waals surface area contributed by atoms with Gasteiger partial charge in [0.1, 0.15) is 5.01 Å². The largest absolute Gasteiger partial charge is 0.308 e. The lowest BCUT2D eigenvalue weighted by Crippen LogP contribution is -2.32. The Morgan fingerprint density at radius 2 is 2.06 bits per heavy atom. The summed E-state index contributed by atoms with van der Waals surface area (Å²) in [5.74, 6) is 0.636. The highest BCUT2D eigenvalue weighted by molar-refractivity contribution is 9.09. The number of thiazole rings is 1. The average molecular weight is 319 g/mol. The molecule has 2 atom stereocenters. The van der Waals surface area contributed by atoms with E-state index >= 15 is 0 Å². The number of hydrogen-bond acceptors (Lipinski definition) is 3. The third-order valence-electron chi connectivity index (χ3n) is 2.99. The van der Waals surface area contributed by atoms with Crippen LogP contribution in [0.1, 0.15) is 45.3 Å². The van der Waals surface area contributed by atoms with E-state index in [4.69, 9.17) is 0 Å². The zero-order chi connectivity index (χ0) is 13.1. The standard InChI is InChI=1S/C13H23BrN2S/c1-9(6-14)10(2)15-7-12-16-11(8-17-12)13(3,4)5/h8-10,15H,6-7H2,1-5H3. The number of nitrogens with zero attached hydrogens (tertiary/aromatic N) is 1. The van der Waals surface area contributed by atoms with E-state index in [1.165, 1.54) is 10.7 Å². The molecule has 0 fully saturated rings. The van der Waals surface area contributed by atoms with Crippen molar-refractivity contribution in [3.8, 4) is 0 Å². The first-order valence-corrected chi connectivity index (χ1v) is 8.09. The maximum Gasteiger partial charge on any atom is 0.107 e. The summed E-state index contributed by atoms with van der Waals surface area (Å²) in [6.45, 7) is 12.0. The van der Waals surface area contributed by atoms with Gasteiger partial charge < -0.3 is 5.32 Å². The fourth-order valence-corrected chi connectivity index (χ4v) is 2.85. The minimum Gasteiger partial charge on any atom is -0.308 e. The summed E-state index contributed by atoms with van der Waals surface area (Å²) in [6, 6.07) is 0.511. The van der Waals surface area contributed by atoms with E-state index in [2.05, 4.69) is 66.2 Å². The Morgan fingerprint density at radius 1 is 1.41 bits per heavy atom. The molecule has 98 valence electrons. The lowest BCUT2D eigenvalue weighted by Gasteiger charge is -2.18. The zero-order valence-corrected chi connectivity index (χ0v) is 13.8. The molecule has 0 amide bonds. The summed E-state index contributed by atoms with van der Waals surface area (Å²) in [7, 11) is 0. The highest BCUT2D eigenvalue weighted by Crippen LogP contribution is 2.23. The molecule has 1 aromatic rings. The van der Waals surface area contributed by atoms with Crippen LogP contribution < -0.4 is 5.32 Å². The maximum atomic E-state index is 4.68. The highest BCUT2D eigenvalue weighted by atomic mass is 79.9. The van der Waals surface area contributed by atoms with Crippen LogP contribution in [0.3, 0.4) is 0 Å². The molecule has 0 aliphatic rings. The van der Waals surface area contributed by atoms with Crippen molar-refractivity contribution in [2.75, 3.05) is 5.33 Å². The molecule has 0 bridgehead atoms. The second-order valence-corrected chi connectivity index (χ2v) is 7.27. The van der Waals surface area contributed by atoms with Crippen LogP contribution >= 0.6 is 27.3 Å². The molecule has 2 nitrogen and oxygen atoms in total. The lowest BCUT2D eigenvalue weighted by molar-refractivity contribution is 0.432. The van der Waals surface area contributed by atoms with Gasteiger partial charge in [0.25, 0.3) is 0 Å². The number of halogens is 1.